The summed E-state index contributed by atoms with van der Waals surface area (Å²) in [7, 11) is 1.22. The second-order valence-corrected chi connectivity index (χ2v) is 6.49. The highest BCUT2D eigenvalue weighted by Crippen LogP contribution is 2.34. The van der Waals surface area contributed by atoms with Gasteiger partial charge in [0, 0.05) is 18.0 Å². The number of esters is 1. The number of nitrogens with zero attached hydrogens (tertiary/aromatic N) is 2. The van der Waals surface area contributed by atoms with Crippen LogP contribution in [0.15, 0.2) is 47.5 Å². The van der Waals surface area contributed by atoms with Crippen LogP contribution in [0.1, 0.15) is 34.8 Å². The van der Waals surface area contributed by atoms with Crippen molar-refractivity contribution < 1.29 is 23.7 Å². The zero-order valence-corrected chi connectivity index (χ0v) is 14.8. The number of rotatable bonds is 3. The molecule has 0 radical (unpaired) electrons. The van der Waals surface area contributed by atoms with Crippen molar-refractivity contribution in [2.75, 3.05) is 20.3 Å². The zero-order chi connectivity index (χ0) is 18.8. The predicted molar refractivity (Wildman–Crippen MR) is 93.2 cm³/mol. The van der Waals surface area contributed by atoms with E-state index in [1.807, 2.05) is 30.3 Å². The van der Waals surface area contributed by atoms with Crippen molar-refractivity contribution in [1.29, 1.82) is 0 Å². The molecular weight excluding hydrogens is 352 g/mol. The number of hydrogen-bond donors (Lipinski definition) is 0. The van der Waals surface area contributed by atoms with Gasteiger partial charge in [-0.3, -0.25) is 4.79 Å². The third-order valence-corrected chi connectivity index (χ3v) is 4.84. The summed E-state index contributed by atoms with van der Waals surface area (Å²) in [6.07, 6.45) is 2.67. The van der Waals surface area contributed by atoms with E-state index in [-0.39, 0.29) is 23.9 Å². The van der Waals surface area contributed by atoms with Crippen molar-refractivity contribution in [2.24, 2.45) is 0 Å². The van der Waals surface area contributed by atoms with Gasteiger partial charge in [-0.05, 0) is 6.42 Å². The van der Waals surface area contributed by atoms with Crippen molar-refractivity contribution in [3.8, 4) is 0 Å². The molecule has 2 saturated heterocycles. The Kier molecular flexibility index (Phi) is 5.02. The molecule has 0 aliphatic carbocycles. The van der Waals surface area contributed by atoms with E-state index in [2.05, 4.69) is 9.72 Å². The molecule has 0 N–H and O–H groups in total. The fraction of sp³-hybridized carbons (Fsp3) is 0.421. The van der Waals surface area contributed by atoms with Crippen LogP contribution in [0.4, 0.5) is 0 Å². The van der Waals surface area contributed by atoms with E-state index in [1.54, 1.807) is 6.20 Å². The molecule has 4 rings (SSSR count). The lowest BCUT2D eigenvalue weighted by Crippen LogP contribution is -2.49. The van der Waals surface area contributed by atoms with E-state index < -0.39 is 17.8 Å². The molecule has 0 saturated carbocycles. The minimum Gasteiger partial charge on any atom is -0.464 e. The number of ether oxygens (including phenoxy) is 4. The lowest BCUT2D eigenvalue weighted by Gasteiger charge is -2.42. The van der Waals surface area contributed by atoms with Crippen molar-refractivity contribution >= 4 is 5.97 Å². The third-order valence-electron chi connectivity index (χ3n) is 4.84. The molecule has 1 aromatic carbocycles. The molecule has 2 aromatic rings. The number of methoxy groups -OCH3 is 1. The van der Waals surface area contributed by atoms with Gasteiger partial charge in [0.1, 0.15) is 6.10 Å². The maximum Gasteiger partial charge on any atom is 0.362 e. The minimum atomic E-state index is -0.754. The van der Waals surface area contributed by atoms with Gasteiger partial charge in [0.2, 0.25) is 5.69 Å². The fourth-order valence-corrected chi connectivity index (χ4v) is 3.44. The van der Waals surface area contributed by atoms with E-state index in [1.165, 1.54) is 17.9 Å². The summed E-state index contributed by atoms with van der Waals surface area (Å²) in [6.45, 7) is 0.754. The van der Waals surface area contributed by atoms with Crippen LogP contribution in [-0.4, -0.2) is 48.1 Å². The quantitative estimate of drug-likeness (QED) is 0.754. The predicted octanol–water partition coefficient (Wildman–Crippen LogP) is 1.47. The van der Waals surface area contributed by atoms with Gasteiger partial charge >= 0.3 is 5.97 Å². The molecule has 8 nitrogen and oxygen atoms in total. The third kappa shape index (κ3) is 3.51. The minimum absolute atomic E-state index is 0.182. The summed E-state index contributed by atoms with van der Waals surface area (Å²) in [6, 6.07) is 9.42. The van der Waals surface area contributed by atoms with Crippen LogP contribution in [0.2, 0.25) is 0 Å². The van der Waals surface area contributed by atoms with E-state index in [0.717, 1.165) is 5.56 Å². The first kappa shape index (κ1) is 17.8. The van der Waals surface area contributed by atoms with Gasteiger partial charge in [-0.2, -0.15) is 0 Å². The normalized spacial score (nSPS) is 27.6. The molecule has 0 spiro atoms. The first-order valence-electron chi connectivity index (χ1n) is 8.76. The summed E-state index contributed by atoms with van der Waals surface area (Å²) in [4.78, 5) is 28.2. The molecule has 4 atom stereocenters. The van der Waals surface area contributed by atoms with Gasteiger partial charge in [0.25, 0.3) is 5.56 Å². The summed E-state index contributed by atoms with van der Waals surface area (Å²) >= 11 is 0. The first-order valence-corrected chi connectivity index (χ1v) is 8.76. The number of hydrogen-bond acceptors (Lipinski definition) is 7. The van der Waals surface area contributed by atoms with Crippen LogP contribution < -0.4 is 5.56 Å². The number of benzene rings is 1. The highest BCUT2D eigenvalue weighted by atomic mass is 16.7. The van der Waals surface area contributed by atoms with Gasteiger partial charge in [-0.25, -0.2) is 9.78 Å². The maximum absolute atomic E-state index is 12.6. The fourth-order valence-electron chi connectivity index (χ4n) is 3.44. The summed E-state index contributed by atoms with van der Waals surface area (Å²) < 4.78 is 23.8. The van der Waals surface area contributed by atoms with E-state index in [9.17, 15) is 9.59 Å². The summed E-state index contributed by atoms with van der Waals surface area (Å²) in [5.74, 6) is -0.754. The van der Waals surface area contributed by atoms with Crippen LogP contribution >= 0.6 is 0 Å². The Morgan fingerprint density at radius 3 is 2.78 bits per heavy atom. The molecule has 0 bridgehead atoms. The standard InChI is InChI=1S/C19H20N2O6/c1-24-18(23)16-17(22)21(8-7-20-16)13-9-14-15(25-10-13)11-26-19(27-14)12-5-3-2-4-6-12/h2-8,13-15,19H,9-11H2,1H3/t13-,14-,15-,19?/m1/s1. The van der Waals surface area contributed by atoms with Gasteiger partial charge in [0.15, 0.2) is 6.29 Å². The molecule has 27 heavy (non-hydrogen) atoms. The van der Waals surface area contributed by atoms with Crippen LogP contribution in [0.25, 0.3) is 0 Å². The second-order valence-electron chi connectivity index (χ2n) is 6.49. The number of aromatic nitrogens is 2. The second kappa shape index (κ2) is 7.59. The molecule has 1 unspecified atom stereocenters. The number of fused-ring (bicyclic) bond motifs is 1. The highest BCUT2D eigenvalue weighted by molar-refractivity contribution is 5.86. The Labute approximate surface area is 155 Å². The Morgan fingerprint density at radius 1 is 1.19 bits per heavy atom. The Hall–Kier alpha value is -2.55. The molecule has 142 valence electrons. The largest absolute Gasteiger partial charge is 0.464 e. The molecule has 0 amide bonds. The molecular formula is C19H20N2O6. The number of carbonyl (C=O) groups excluding carboxylic acids is 1. The molecule has 2 fully saturated rings. The van der Waals surface area contributed by atoms with Gasteiger partial charge < -0.3 is 23.5 Å². The Morgan fingerprint density at radius 2 is 2.00 bits per heavy atom. The van der Waals surface area contributed by atoms with E-state index in [0.29, 0.717) is 19.6 Å². The first-order chi connectivity index (χ1) is 13.2. The molecule has 1 aromatic heterocycles. The zero-order valence-electron chi connectivity index (χ0n) is 14.8. The van der Waals surface area contributed by atoms with Gasteiger partial charge in [-0.15, -0.1) is 0 Å². The lowest BCUT2D eigenvalue weighted by molar-refractivity contribution is -0.282. The molecule has 8 heteroatoms. The van der Waals surface area contributed by atoms with Crippen molar-refractivity contribution in [3.05, 3.63) is 64.3 Å². The van der Waals surface area contributed by atoms with Crippen LogP contribution in [0.3, 0.4) is 0 Å². The molecule has 2 aliphatic heterocycles. The Bertz CT molecular complexity index is 868. The van der Waals surface area contributed by atoms with Gasteiger partial charge in [0.05, 0.1) is 32.5 Å². The Balaban J connectivity index is 1.53. The van der Waals surface area contributed by atoms with E-state index >= 15 is 0 Å². The maximum atomic E-state index is 12.6. The summed E-state index contributed by atoms with van der Waals surface area (Å²) in [5, 5.41) is 0. The lowest BCUT2D eigenvalue weighted by atomic mass is 10.00. The number of carbonyl (C=O) groups is 1. The van der Waals surface area contributed by atoms with Crippen LogP contribution in [0, 0.1) is 0 Å². The van der Waals surface area contributed by atoms with Crippen LogP contribution in [-0.2, 0) is 18.9 Å². The van der Waals surface area contributed by atoms with Gasteiger partial charge in [-0.1, -0.05) is 30.3 Å². The smallest absolute Gasteiger partial charge is 0.362 e. The average molecular weight is 372 g/mol. The van der Waals surface area contributed by atoms with Crippen molar-refractivity contribution in [1.82, 2.24) is 9.55 Å². The molecule has 2 aliphatic rings. The summed E-state index contributed by atoms with van der Waals surface area (Å²) in [5.41, 5.74) is 0.201. The average Bonchev–Trinajstić information content (AvgIpc) is 2.73. The molecule has 3 heterocycles. The SMILES string of the molecule is COC(=O)c1nccn([C@H]2CO[C@@H]3COC(c4ccccc4)O[C@@H]3C2)c1=O. The van der Waals surface area contributed by atoms with E-state index in [4.69, 9.17) is 14.2 Å². The van der Waals surface area contributed by atoms with Crippen molar-refractivity contribution in [3.63, 3.8) is 0 Å². The van der Waals surface area contributed by atoms with Crippen molar-refractivity contribution in [2.45, 2.75) is 31.0 Å². The topological polar surface area (TPSA) is 88.9 Å². The van der Waals surface area contributed by atoms with Crippen LogP contribution in [0.5, 0.6) is 0 Å². The highest BCUT2D eigenvalue weighted by Gasteiger charge is 2.39. The monoisotopic (exact) mass is 372 g/mol.